The van der Waals surface area contributed by atoms with Gasteiger partial charge in [-0.3, -0.25) is 0 Å². The molecule has 0 saturated heterocycles. The van der Waals surface area contributed by atoms with Crippen molar-refractivity contribution in [3.63, 3.8) is 0 Å². The quantitative estimate of drug-likeness (QED) is 0.804. The van der Waals surface area contributed by atoms with Gasteiger partial charge < -0.3 is 5.32 Å². The maximum absolute atomic E-state index is 6.02. The molecule has 0 saturated carbocycles. The topological polar surface area (TPSA) is 12.0 Å². The maximum Gasteiger partial charge on any atom is 0.0579 e. The molecule has 112 valence electrons. The van der Waals surface area contributed by atoms with Gasteiger partial charge in [0.15, 0.2) is 0 Å². The normalized spacial score (nSPS) is 13.2. The summed E-state index contributed by atoms with van der Waals surface area (Å²) in [5.74, 6) is 0. The zero-order valence-electron chi connectivity index (χ0n) is 13.3. The van der Waals surface area contributed by atoms with Gasteiger partial charge >= 0.3 is 0 Å². The molecule has 2 heteroatoms. The average Bonchev–Trinajstić information content (AvgIpc) is 2.45. The van der Waals surface area contributed by atoms with Crippen LogP contribution in [0.1, 0.15) is 50.4 Å². The van der Waals surface area contributed by atoms with Crippen LogP contribution in [0.3, 0.4) is 0 Å². The van der Waals surface area contributed by atoms with E-state index in [4.69, 9.17) is 11.6 Å². The van der Waals surface area contributed by atoms with Gasteiger partial charge in [0.2, 0.25) is 0 Å². The van der Waals surface area contributed by atoms with Crippen molar-refractivity contribution in [3.05, 3.63) is 70.2 Å². The molecule has 0 amide bonds. The summed E-state index contributed by atoms with van der Waals surface area (Å²) >= 11 is 6.02. The smallest absolute Gasteiger partial charge is 0.0579 e. The predicted octanol–water partition coefficient (Wildman–Crippen LogP) is 5.34. The summed E-state index contributed by atoms with van der Waals surface area (Å²) < 4.78 is 0. The second kappa shape index (κ2) is 6.64. The first-order valence-corrected chi connectivity index (χ1v) is 7.89. The molecule has 1 atom stereocenters. The third kappa shape index (κ3) is 3.87. The number of nitrogens with one attached hydrogen (secondary N) is 1. The highest BCUT2D eigenvalue weighted by molar-refractivity contribution is 6.30. The highest BCUT2D eigenvalue weighted by Gasteiger charge is 2.23. The number of hydrogen-bond donors (Lipinski definition) is 1. The van der Waals surface area contributed by atoms with Gasteiger partial charge in [0, 0.05) is 5.02 Å². The highest BCUT2D eigenvalue weighted by Crippen LogP contribution is 2.33. The first-order valence-electron chi connectivity index (χ1n) is 7.51. The summed E-state index contributed by atoms with van der Waals surface area (Å²) in [6, 6.07) is 17.0. The molecule has 0 fully saturated rings. The molecule has 21 heavy (non-hydrogen) atoms. The third-order valence-corrected chi connectivity index (χ3v) is 3.94. The van der Waals surface area contributed by atoms with Crippen LogP contribution in [0.25, 0.3) is 0 Å². The Balaban J connectivity index is 2.51. The van der Waals surface area contributed by atoms with Crippen LogP contribution >= 0.6 is 11.6 Å². The molecular weight excluding hydrogens is 278 g/mol. The second-order valence-electron chi connectivity index (χ2n) is 6.38. The van der Waals surface area contributed by atoms with Gasteiger partial charge in [-0.1, -0.05) is 75.7 Å². The van der Waals surface area contributed by atoms with Crippen molar-refractivity contribution in [2.24, 2.45) is 0 Å². The largest absolute Gasteiger partial charge is 0.307 e. The van der Waals surface area contributed by atoms with Crippen molar-refractivity contribution in [1.82, 2.24) is 5.32 Å². The van der Waals surface area contributed by atoms with E-state index in [1.807, 2.05) is 12.1 Å². The van der Waals surface area contributed by atoms with E-state index in [1.54, 1.807) is 0 Å². The molecule has 0 heterocycles. The minimum atomic E-state index is 0.122. The summed E-state index contributed by atoms with van der Waals surface area (Å²) in [5, 5.41) is 4.38. The first kappa shape index (κ1) is 16.1. The van der Waals surface area contributed by atoms with E-state index in [0.29, 0.717) is 0 Å². The van der Waals surface area contributed by atoms with Crippen molar-refractivity contribution in [1.29, 1.82) is 0 Å². The molecule has 2 rings (SSSR count). The Labute approximate surface area is 133 Å². The standard InChI is InChI=1S/C19H24ClN/c1-5-21-18(14-10-12-15(20)13-11-14)16-8-6-7-9-17(16)19(2,3)4/h6-13,18,21H,5H2,1-4H3. The van der Waals surface area contributed by atoms with E-state index >= 15 is 0 Å². The zero-order valence-corrected chi connectivity index (χ0v) is 14.0. The Morgan fingerprint density at radius 2 is 1.62 bits per heavy atom. The van der Waals surface area contributed by atoms with E-state index in [2.05, 4.69) is 69.4 Å². The van der Waals surface area contributed by atoms with Crippen LogP contribution in [-0.4, -0.2) is 6.54 Å². The first-order chi connectivity index (χ1) is 9.93. The van der Waals surface area contributed by atoms with Gasteiger partial charge in [0.05, 0.1) is 6.04 Å². The SMILES string of the molecule is CCNC(c1ccc(Cl)cc1)c1ccccc1C(C)(C)C. The van der Waals surface area contributed by atoms with Gasteiger partial charge in [0.1, 0.15) is 0 Å². The molecule has 1 N–H and O–H groups in total. The molecule has 0 spiro atoms. The Hall–Kier alpha value is -1.31. The van der Waals surface area contributed by atoms with Gasteiger partial charge in [-0.15, -0.1) is 0 Å². The van der Waals surface area contributed by atoms with Crippen LogP contribution in [-0.2, 0) is 5.41 Å². The molecule has 0 aromatic heterocycles. The summed E-state index contributed by atoms with van der Waals surface area (Å²) in [5.41, 5.74) is 4.09. The highest BCUT2D eigenvalue weighted by atomic mass is 35.5. The Morgan fingerprint density at radius 3 is 2.19 bits per heavy atom. The third-order valence-electron chi connectivity index (χ3n) is 3.69. The molecule has 2 aromatic carbocycles. The minimum Gasteiger partial charge on any atom is -0.307 e. The lowest BCUT2D eigenvalue weighted by molar-refractivity contribution is 0.557. The summed E-state index contributed by atoms with van der Waals surface area (Å²) in [6.45, 7) is 9.85. The summed E-state index contributed by atoms with van der Waals surface area (Å²) in [4.78, 5) is 0. The van der Waals surface area contributed by atoms with Gasteiger partial charge in [-0.25, -0.2) is 0 Å². The van der Waals surface area contributed by atoms with Crippen LogP contribution in [0, 0.1) is 0 Å². The predicted molar refractivity (Wildman–Crippen MR) is 92.1 cm³/mol. The molecule has 0 radical (unpaired) electrons. The molecule has 1 nitrogen and oxygen atoms in total. The summed E-state index contributed by atoms with van der Waals surface area (Å²) in [6.07, 6.45) is 0. The number of benzene rings is 2. The van der Waals surface area contributed by atoms with Crippen molar-refractivity contribution in [3.8, 4) is 0 Å². The summed E-state index contributed by atoms with van der Waals surface area (Å²) in [7, 11) is 0. The molecule has 1 unspecified atom stereocenters. The second-order valence-corrected chi connectivity index (χ2v) is 6.82. The van der Waals surface area contributed by atoms with Crippen LogP contribution in [0.15, 0.2) is 48.5 Å². The monoisotopic (exact) mass is 301 g/mol. The lowest BCUT2D eigenvalue weighted by Crippen LogP contribution is -2.26. The van der Waals surface area contributed by atoms with Gasteiger partial charge in [-0.2, -0.15) is 0 Å². The van der Waals surface area contributed by atoms with Gasteiger partial charge in [-0.05, 0) is 40.8 Å². The van der Waals surface area contributed by atoms with E-state index < -0.39 is 0 Å². The lowest BCUT2D eigenvalue weighted by atomic mass is 9.80. The molecule has 0 aliphatic heterocycles. The Kier molecular flexibility index (Phi) is 5.08. The van der Waals surface area contributed by atoms with Crippen molar-refractivity contribution < 1.29 is 0 Å². The minimum absolute atomic E-state index is 0.122. The fraction of sp³-hybridized carbons (Fsp3) is 0.368. The van der Waals surface area contributed by atoms with E-state index in [0.717, 1.165) is 11.6 Å². The van der Waals surface area contributed by atoms with E-state index in [-0.39, 0.29) is 11.5 Å². The van der Waals surface area contributed by atoms with E-state index in [1.165, 1.54) is 16.7 Å². The molecule has 0 aliphatic carbocycles. The van der Waals surface area contributed by atoms with Crippen molar-refractivity contribution >= 4 is 11.6 Å². The molecule has 2 aromatic rings. The van der Waals surface area contributed by atoms with Crippen LogP contribution < -0.4 is 5.32 Å². The maximum atomic E-state index is 6.02. The lowest BCUT2D eigenvalue weighted by Gasteiger charge is -2.28. The van der Waals surface area contributed by atoms with Crippen molar-refractivity contribution in [2.75, 3.05) is 6.54 Å². The fourth-order valence-electron chi connectivity index (χ4n) is 2.70. The van der Waals surface area contributed by atoms with Crippen LogP contribution in [0.4, 0.5) is 0 Å². The number of hydrogen-bond acceptors (Lipinski definition) is 1. The number of halogens is 1. The Bertz CT molecular complexity index is 581. The number of rotatable bonds is 4. The van der Waals surface area contributed by atoms with Gasteiger partial charge in [0.25, 0.3) is 0 Å². The van der Waals surface area contributed by atoms with Crippen molar-refractivity contribution in [2.45, 2.75) is 39.2 Å². The average molecular weight is 302 g/mol. The van der Waals surface area contributed by atoms with E-state index in [9.17, 15) is 0 Å². The fourth-order valence-corrected chi connectivity index (χ4v) is 2.82. The molecule has 0 aliphatic rings. The zero-order chi connectivity index (χ0) is 15.5. The molecular formula is C19H24ClN. The van der Waals surface area contributed by atoms with Crippen LogP contribution in [0.5, 0.6) is 0 Å². The molecule has 0 bridgehead atoms. The van der Waals surface area contributed by atoms with Crippen LogP contribution in [0.2, 0.25) is 5.02 Å². The Morgan fingerprint density at radius 1 is 1.00 bits per heavy atom.